The average Bonchev–Trinajstić information content (AvgIpc) is 2.48. The standard InChI is InChI=1S/C17H36N4.HI/c1-6-15(7-2)12-19-17(18-5)20-16-8-10-21(11-9-16)13-14(3)4;/h14-16H,6-13H2,1-5H3,(H2,18,19,20);1H. The number of nitrogens with zero attached hydrogens (tertiary/aromatic N) is 2. The first kappa shape index (κ1) is 22.0. The Morgan fingerprint density at radius 3 is 2.23 bits per heavy atom. The Hall–Kier alpha value is -0.0400. The van der Waals surface area contributed by atoms with E-state index in [1.807, 2.05) is 7.05 Å². The number of hydrogen-bond donors (Lipinski definition) is 2. The molecule has 0 radical (unpaired) electrons. The molecule has 4 nitrogen and oxygen atoms in total. The van der Waals surface area contributed by atoms with E-state index < -0.39 is 0 Å². The van der Waals surface area contributed by atoms with Gasteiger partial charge in [0.25, 0.3) is 0 Å². The third-order valence-electron chi connectivity index (χ3n) is 4.49. The van der Waals surface area contributed by atoms with Gasteiger partial charge in [0.2, 0.25) is 0 Å². The van der Waals surface area contributed by atoms with Crippen molar-refractivity contribution in [2.75, 3.05) is 33.2 Å². The maximum atomic E-state index is 4.37. The van der Waals surface area contributed by atoms with Crippen molar-refractivity contribution in [3.05, 3.63) is 0 Å². The van der Waals surface area contributed by atoms with Crippen molar-refractivity contribution in [1.29, 1.82) is 0 Å². The minimum Gasteiger partial charge on any atom is -0.356 e. The Kier molecular flexibility index (Phi) is 12.4. The Morgan fingerprint density at radius 1 is 1.18 bits per heavy atom. The lowest BCUT2D eigenvalue weighted by Gasteiger charge is -2.34. The lowest BCUT2D eigenvalue weighted by Crippen LogP contribution is -2.49. The second-order valence-corrected chi connectivity index (χ2v) is 6.75. The number of hydrogen-bond acceptors (Lipinski definition) is 2. The molecule has 1 rings (SSSR count). The summed E-state index contributed by atoms with van der Waals surface area (Å²) in [6.07, 6.45) is 4.90. The van der Waals surface area contributed by atoms with Gasteiger partial charge in [0.05, 0.1) is 0 Å². The van der Waals surface area contributed by atoms with Gasteiger partial charge >= 0.3 is 0 Å². The summed E-state index contributed by atoms with van der Waals surface area (Å²) in [5, 5.41) is 7.08. The van der Waals surface area contributed by atoms with Gasteiger partial charge in [-0.15, -0.1) is 24.0 Å². The zero-order valence-corrected chi connectivity index (χ0v) is 17.5. The van der Waals surface area contributed by atoms with Crippen molar-refractivity contribution >= 4 is 29.9 Å². The number of likely N-dealkylation sites (tertiary alicyclic amines) is 1. The lowest BCUT2D eigenvalue weighted by molar-refractivity contribution is 0.187. The minimum atomic E-state index is 0. The number of piperidine rings is 1. The predicted octanol–water partition coefficient (Wildman–Crippen LogP) is 3.33. The van der Waals surface area contributed by atoms with E-state index >= 15 is 0 Å². The first-order chi connectivity index (χ1) is 10.1. The van der Waals surface area contributed by atoms with Crippen molar-refractivity contribution in [3.63, 3.8) is 0 Å². The molecular formula is C17H37IN4. The van der Waals surface area contributed by atoms with Crippen molar-refractivity contribution in [1.82, 2.24) is 15.5 Å². The topological polar surface area (TPSA) is 39.7 Å². The quantitative estimate of drug-likeness (QED) is 0.374. The van der Waals surface area contributed by atoms with Crippen LogP contribution in [0.25, 0.3) is 0 Å². The summed E-state index contributed by atoms with van der Waals surface area (Å²) >= 11 is 0. The van der Waals surface area contributed by atoms with E-state index in [2.05, 4.69) is 48.2 Å². The first-order valence-corrected chi connectivity index (χ1v) is 8.78. The number of halogens is 1. The Balaban J connectivity index is 0.00000441. The molecule has 0 unspecified atom stereocenters. The molecule has 1 saturated heterocycles. The maximum absolute atomic E-state index is 4.37. The Morgan fingerprint density at radius 2 is 1.77 bits per heavy atom. The average molecular weight is 424 g/mol. The molecule has 0 saturated carbocycles. The van der Waals surface area contributed by atoms with Crippen molar-refractivity contribution < 1.29 is 0 Å². The molecule has 0 atom stereocenters. The van der Waals surface area contributed by atoms with Crippen LogP contribution < -0.4 is 10.6 Å². The van der Waals surface area contributed by atoms with Crippen LogP contribution in [0.1, 0.15) is 53.4 Å². The summed E-state index contributed by atoms with van der Waals surface area (Å²) < 4.78 is 0. The molecule has 1 aliphatic heterocycles. The fourth-order valence-corrected chi connectivity index (χ4v) is 2.98. The SMILES string of the molecule is CCC(CC)CNC(=NC)NC1CCN(CC(C)C)CC1.I. The van der Waals surface area contributed by atoms with Gasteiger partial charge in [-0.2, -0.15) is 0 Å². The molecule has 132 valence electrons. The fourth-order valence-electron chi connectivity index (χ4n) is 2.98. The second-order valence-electron chi connectivity index (χ2n) is 6.75. The van der Waals surface area contributed by atoms with E-state index in [9.17, 15) is 0 Å². The fraction of sp³-hybridized carbons (Fsp3) is 0.941. The summed E-state index contributed by atoms with van der Waals surface area (Å²) in [6, 6.07) is 0.571. The third-order valence-corrected chi connectivity index (χ3v) is 4.49. The summed E-state index contributed by atoms with van der Waals surface area (Å²) in [5.41, 5.74) is 0. The molecule has 2 N–H and O–H groups in total. The molecular weight excluding hydrogens is 387 g/mol. The molecule has 0 aromatic carbocycles. The van der Waals surface area contributed by atoms with Crippen LogP contribution in [-0.4, -0.2) is 50.1 Å². The molecule has 1 fully saturated rings. The largest absolute Gasteiger partial charge is 0.356 e. The zero-order chi connectivity index (χ0) is 15.7. The Labute approximate surface area is 154 Å². The van der Waals surface area contributed by atoms with E-state index in [0.29, 0.717) is 6.04 Å². The normalized spacial score (nSPS) is 17.7. The Bertz CT molecular complexity index is 295. The van der Waals surface area contributed by atoms with Gasteiger partial charge in [-0.05, 0) is 24.7 Å². The number of nitrogens with one attached hydrogen (secondary N) is 2. The van der Waals surface area contributed by atoms with Gasteiger partial charge in [0.1, 0.15) is 0 Å². The molecule has 0 aliphatic carbocycles. The van der Waals surface area contributed by atoms with E-state index in [4.69, 9.17) is 0 Å². The third kappa shape index (κ3) is 8.56. The van der Waals surface area contributed by atoms with Crippen LogP contribution in [0.15, 0.2) is 4.99 Å². The summed E-state index contributed by atoms with van der Waals surface area (Å²) in [6.45, 7) is 13.8. The van der Waals surface area contributed by atoms with E-state index in [1.165, 1.54) is 45.3 Å². The lowest BCUT2D eigenvalue weighted by atomic mass is 10.0. The van der Waals surface area contributed by atoms with E-state index in [-0.39, 0.29) is 24.0 Å². The molecule has 0 aromatic heterocycles. The number of aliphatic imine (C=N–C) groups is 1. The van der Waals surface area contributed by atoms with Crippen LogP contribution in [0.2, 0.25) is 0 Å². The molecule has 0 bridgehead atoms. The predicted molar refractivity (Wildman–Crippen MR) is 108 cm³/mol. The van der Waals surface area contributed by atoms with Gasteiger partial charge in [0, 0.05) is 39.3 Å². The highest BCUT2D eigenvalue weighted by Crippen LogP contribution is 2.12. The van der Waals surface area contributed by atoms with E-state index in [0.717, 1.165) is 24.3 Å². The smallest absolute Gasteiger partial charge is 0.191 e. The van der Waals surface area contributed by atoms with Crippen molar-refractivity contribution in [2.24, 2.45) is 16.8 Å². The van der Waals surface area contributed by atoms with Crippen LogP contribution in [0.3, 0.4) is 0 Å². The maximum Gasteiger partial charge on any atom is 0.191 e. The monoisotopic (exact) mass is 424 g/mol. The van der Waals surface area contributed by atoms with Crippen molar-refractivity contribution in [2.45, 2.75) is 59.4 Å². The zero-order valence-electron chi connectivity index (χ0n) is 15.2. The van der Waals surface area contributed by atoms with Gasteiger partial charge in [0.15, 0.2) is 5.96 Å². The molecule has 5 heteroatoms. The molecule has 0 aromatic rings. The summed E-state index contributed by atoms with van der Waals surface area (Å²) in [4.78, 5) is 6.96. The van der Waals surface area contributed by atoms with Gasteiger partial charge in [-0.25, -0.2) is 0 Å². The van der Waals surface area contributed by atoms with Crippen LogP contribution >= 0.6 is 24.0 Å². The highest BCUT2D eigenvalue weighted by atomic mass is 127. The number of rotatable bonds is 7. The molecule has 0 spiro atoms. The van der Waals surface area contributed by atoms with Crippen molar-refractivity contribution in [3.8, 4) is 0 Å². The van der Waals surface area contributed by atoms with Gasteiger partial charge in [-0.1, -0.05) is 40.5 Å². The molecule has 1 heterocycles. The molecule has 0 amide bonds. The highest BCUT2D eigenvalue weighted by molar-refractivity contribution is 14.0. The van der Waals surface area contributed by atoms with E-state index in [1.54, 1.807) is 0 Å². The minimum absolute atomic E-state index is 0. The van der Waals surface area contributed by atoms with Crippen LogP contribution in [-0.2, 0) is 0 Å². The summed E-state index contributed by atoms with van der Waals surface area (Å²) in [5.74, 6) is 2.49. The molecule has 22 heavy (non-hydrogen) atoms. The van der Waals surface area contributed by atoms with Crippen LogP contribution in [0, 0.1) is 11.8 Å². The van der Waals surface area contributed by atoms with Gasteiger partial charge < -0.3 is 15.5 Å². The van der Waals surface area contributed by atoms with Crippen LogP contribution in [0.5, 0.6) is 0 Å². The number of guanidine groups is 1. The summed E-state index contributed by atoms with van der Waals surface area (Å²) in [7, 11) is 1.87. The highest BCUT2D eigenvalue weighted by Gasteiger charge is 2.20. The van der Waals surface area contributed by atoms with Crippen LogP contribution in [0.4, 0.5) is 0 Å². The second kappa shape index (κ2) is 12.4. The molecule has 1 aliphatic rings. The van der Waals surface area contributed by atoms with Gasteiger partial charge in [-0.3, -0.25) is 4.99 Å². The first-order valence-electron chi connectivity index (χ1n) is 8.78.